The summed E-state index contributed by atoms with van der Waals surface area (Å²) < 4.78 is 5.66. The molecule has 84 valence electrons. The Morgan fingerprint density at radius 2 is 1.94 bits per heavy atom. The van der Waals surface area contributed by atoms with Gasteiger partial charge in [0.1, 0.15) is 18.2 Å². The summed E-state index contributed by atoms with van der Waals surface area (Å²) in [6.07, 6.45) is -0.118. The average molecular weight is 225 g/mol. The van der Waals surface area contributed by atoms with Gasteiger partial charge in [-0.25, -0.2) is 0 Å². The number of benzene rings is 1. The highest BCUT2D eigenvalue weighted by atomic mass is 16.5. The van der Waals surface area contributed by atoms with Crippen LogP contribution in [0, 0.1) is 22.7 Å². The predicted octanol–water partition coefficient (Wildman–Crippen LogP) is 1.95. The summed E-state index contributed by atoms with van der Waals surface area (Å²) in [5.41, 5.74) is 1.07. The number of rotatable bonds is 1. The Morgan fingerprint density at radius 3 is 2.53 bits per heavy atom. The van der Waals surface area contributed by atoms with Gasteiger partial charge in [0.2, 0.25) is 5.88 Å². The summed E-state index contributed by atoms with van der Waals surface area (Å²) in [5.74, 6) is 0.365. The Hall–Kier alpha value is -2.46. The Kier molecular flexibility index (Phi) is 2.98. The summed E-state index contributed by atoms with van der Waals surface area (Å²) in [7, 11) is 1.81. The zero-order valence-electron chi connectivity index (χ0n) is 9.42. The van der Waals surface area contributed by atoms with Crippen molar-refractivity contribution in [3.63, 3.8) is 0 Å². The van der Waals surface area contributed by atoms with E-state index in [0.29, 0.717) is 12.4 Å². The first-order valence-corrected chi connectivity index (χ1v) is 5.23. The third-order valence-corrected chi connectivity index (χ3v) is 2.65. The standard InChI is InChI=1S/C13H11N3O/c1-16-9-12(10-5-3-2-4-6-10)17-13(16)11(7-14)8-15/h2-6,12H,9H2,1H3. The number of hydrogen-bond acceptors (Lipinski definition) is 4. The minimum Gasteiger partial charge on any atom is -0.468 e. The van der Waals surface area contributed by atoms with Crippen molar-refractivity contribution < 1.29 is 4.74 Å². The third-order valence-electron chi connectivity index (χ3n) is 2.65. The highest BCUT2D eigenvalue weighted by Crippen LogP contribution is 2.31. The molecule has 17 heavy (non-hydrogen) atoms. The fourth-order valence-electron chi connectivity index (χ4n) is 1.81. The van der Waals surface area contributed by atoms with Crippen LogP contribution >= 0.6 is 0 Å². The molecule has 4 heteroatoms. The van der Waals surface area contributed by atoms with E-state index < -0.39 is 0 Å². The molecule has 1 aliphatic heterocycles. The van der Waals surface area contributed by atoms with Crippen LogP contribution in [-0.4, -0.2) is 18.5 Å². The van der Waals surface area contributed by atoms with Crippen molar-refractivity contribution in [1.82, 2.24) is 4.90 Å². The molecular weight excluding hydrogens is 214 g/mol. The third kappa shape index (κ3) is 2.07. The second-order valence-electron chi connectivity index (χ2n) is 3.80. The minimum atomic E-state index is -0.118. The van der Waals surface area contributed by atoms with Gasteiger partial charge in [-0.2, -0.15) is 10.5 Å². The monoisotopic (exact) mass is 225 g/mol. The number of nitriles is 2. The molecule has 0 aromatic heterocycles. The molecule has 1 saturated heterocycles. The van der Waals surface area contributed by atoms with Crippen molar-refractivity contribution in [2.75, 3.05) is 13.6 Å². The van der Waals surface area contributed by atoms with E-state index in [1.165, 1.54) is 0 Å². The molecule has 1 aromatic rings. The van der Waals surface area contributed by atoms with E-state index in [0.717, 1.165) is 5.56 Å². The van der Waals surface area contributed by atoms with Crippen LogP contribution in [-0.2, 0) is 4.74 Å². The molecule has 0 N–H and O–H groups in total. The van der Waals surface area contributed by atoms with Gasteiger partial charge in [0, 0.05) is 7.05 Å². The van der Waals surface area contributed by atoms with Crippen LogP contribution in [0.3, 0.4) is 0 Å². The molecule has 1 heterocycles. The van der Waals surface area contributed by atoms with Crippen molar-refractivity contribution >= 4 is 0 Å². The van der Waals surface area contributed by atoms with Crippen LogP contribution in [0.15, 0.2) is 41.8 Å². The summed E-state index contributed by atoms with van der Waals surface area (Å²) >= 11 is 0. The molecule has 0 bridgehead atoms. The molecule has 1 atom stereocenters. The van der Waals surface area contributed by atoms with Crippen LogP contribution < -0.4 is 0 Å². The van der Waals surface area contributed by atoms with Gasteiger partial charge in [-0.3, -0.25) is 0 Å². The molecule has 0 spiro atoms. The topological polar surface area (TPSA) is 60.0 Å². The number of hydrogen-bond donors (Lipinski definition) is 0. The van der Waals surface area contributed by atoms with Gasteiger partial charge in [-0.1, -0.05) is 30.3 Å². The van der Waals surface area contributed by atoms with Gasteiger partial charge in [-0.05, 0) is 5.56 Å². The second kappa shape index (κ2) is 4.59. The zero-order chi connectivity index (χ0) is 12.3. The lowest BCUT2D eigenvalue weighted by Gasteiger charge is -2.08. The largest absolute Gasteiger partial charge is 0.468 e. The Balaban J connectivity index is 2.28. The quantitative estimate of drug-likeness (QED) is 0.685. The van der Waals surface area contributed by atoms with Crippen LogP contribution in [0.1, 0.15) is 11.7 Å². The van der Waals surface area contributed by atoms with Gasteiger partial charge < -0.3 is 9.64 Å². The number of likely N-dealkylation sites (N-methyl/N-ethyl adjacent to an activating group) is 1. The smallest absolute Gasteiger partial charge is 0.219 e. The van der Waals surface area contributed by atoms with Crippen molar-refractivity contribution in [3.8, 4) is 12.1 Å². The average Bonchev–Trinajstić information content (AvgIpc) is 2.75. The Labute approximate surface area is 99.9 Å². The van der Waals surface area contributed by atoms with E-state index in [4.69, 9.17) is 15.3 Å². The summed E-state index contributed by atoms with van der Waals surface area (Å²) in [6.45, 7) is 0.645. The van der Waals surface area contributed by atoms with Gasteiger partial charge in [0.25, 0.3) is 0 Å². The molecular formula is C13H11N3O. The summed E-state index contributed by atoms with van der Waals surface area (Å²) in [6, 6.07) is 13.5. The van der Waals surface area contributed by atoms with Crippen molar-refractivity contribution in [3.05, 3.63) is 47.4 Å². The molecule has 1 unspecified atom stereocenters. The number of allylic oxidation sites excluding steroid dienone is 1. The SMILES string of the molecule is CN1CC(c2ccccc2)OC1=C(C#N)C#N. The molecule has 1 fully saturated rings. The normalized spacial score (nSPS) is 18.2. The van der Waals surface area contributed by atoms with Crippen molar-refractivity contribution in [2.45, 2.75) is 6.10 Å². The lowest BCUT2D eigenvalue weighted by atomic mass is 10.1. The fourth-order valence-corrected chi connectivity index (χ4v) is 1.81. The van der Waals surface area contributed by atoms with E-state index in [1.54, 1.807) is 4.90 Å². The highest BCUT2D eigenvalue weighted by molar-refractivity contribution is 5.38. The predicted molar refractivity (Wildman–Crippen MR) is 61.2 cm³/mol. The van der Waals surface area contributed by atoms with Gasteiger partial charge in [-0.15, -0.1) is 0 Å². The molecule has 0 amide bonds. The first-order chi connectivity index (χ1) is 8.26. The van der Waals surface area contributed by atoms with Gasteiger partial charge in [0.15, 0.2) is 5.57 Å². The molecule has 0 aliphatic carbocycles. The number of nitrogens with zero attached hydrogens (tertiary/aromatic N) is 3. The molecule has 4 nitrogen and oxygen atoms in total. The van der Waals surface area contributed by atoms with Crippen LogP contribution in [0.4, 0.5) is 0 Å². The highest BCUT2D eigenvalue weighted by Gasteiger charge is 2.29. The second-order valence-corrected chi connectivity index (χ2v) is 3.80. The maximum absolute atomic E-state index is 8.82. The zero-order valence-corrected chi connectivity index (χ0v) is 9.42. The molecule has 0 radical (unpaired) electrons. The first-order valence-electron chi connectivity index (χ1n) is 5.23. The first kappa shape index (κ1) is 11.0. The summed E-state index contributed by atoms with van der Waals surface area (Å²) in [5, 5.41) is 17.6. The van der Waals surface area contributed by atoms with Crippen molar-refractivity contribution in [2.24, 2.45) is 0 Å². The Morgan fingerprint density at radius 1 is 1.29 bits per heavy atom. The van der Waals surface area contributed by atoms with Gasteiger partial charge >= 0.3 is 0 Å². The van der Waals surface area contributed by atoms with E-state index in [1.807, 2.05) is 49.5 Å². The van der Waals surface area contributed by atoms with E-state index in [9.17, 15) is 0 Å². The molecule has 1 aromatic carbocycles. The minimum absolute atomic E-state index is 0.0194. The van der Waals surface area contributed by atoms with Crippen LogP contribution in [0.5, 0.6) is 0 Å². The Bertz CT molecular complexity index is 506. The molecule has 2 rings (SSSR count). The van der Waals surface area contributed by atoms with Gasteiger partial charge in [0.05, 0.1) is 6.54 Å². The van der Waals surface area contributed by atoms with Crippen LogP contribution in [0.2, 0.25) is 0 Å². The van der Waals surface area contributed by atoms with Crippen LogP contribution in [0.25, 0.3) is 0 Å². The van der Waals surface area contributed by atoms with E-state index in [2.05, 4.69) is 0 Å². The number of ether oxygens (including phenoxy) is 1. The fraction of sp³-hybridized carbons (Fsp3) is 0.231. The van der Waals surface area contributed by atoms with E-state index >= 15 is 0 Å². The van der Waals surface area contributed by atoms with E-state index in [-0.39, 0.29) is 11.7 Å². The van der Waals surface area contributed by atoms with Crippen molar-refractivity contribution in [1.29, 1.82) is 10.5 Å². The summed E-state index contributed by atoms with van der Waals surface area (Å²) in [4.78, 5) is 1.79. The maximum atomic E-state index is 8.82. The molecule has 0 saturated carbocycles. The molecule has 1 aliphatic rings. The lowest BCUT2D eigenvalue weighted by Crippen LogP contribution is -2.13. The maximum Gasteiger partial charge on any atom is 0.219 e. The lowest BCUT2D eigenvalue weighted by molar-refractivity contribution is 0.163.